The van der Waals surface area contributed by atoms with Crippen molar-refractivity contribution in [3.63, 3.8) is 0 Å². The molecule has 0 saturated carbocycles. The zero-order chi connectivity index (χ0) is 13.9. The van der Waals surface area contributed by atoms with Gasteiger partial charge in [0.1, 0.15) is 0 Å². The highest BCUT2D eigenvalue weighted by molar-refractivity contribution is 7.91. The van der Waals surface area contributed by atoms with E-state index in [4.69, 9.17) is 0 Å². The van der Waals surface area contributed by atoms with Crippen molar-refractivity contribution in [1.29, 1.82) is 0 Å². The minimum Gasteiger partial charge on any atom is -0.339 e. The molecule has 0 aliphatic carbocycles. The molecular formula is C13H24N2O3S. The Bertz CT molecular complexity index is 416. The lowest BCUT2D eigenvalue weighted by Gasteiger charge is -2.27. The minimum absolute atomic E-state index is 0.0933. The van der Waals surface area contributed by atoms with Crippen molar-refractivity contribution in [2.24, 2.45) is 5.92 Å². The molecule has 2 aliphatic rings. The van der Waals surface area contributed by atoms with Crippen LogP contribution in [0.1, 0.15) is 32.6 Å². The standard InChI is InChI=1S/C13H24N2O3S/c1-2-15(12-6-8-19(17,18)10-12)13(16)4-3-11-5-7-14-9-11/h11-12,14H,2-10H2,1H3. The lowest BCUT2D eigenvalue weighted by Crippen LogP contribution is -2.41. The molecule has 2 atom stereocenters. The number of amides is 1. The van der Waals surface area contributed by atoms with Crippen LogP contribution in [0.5, 0.6) is 0 Å². The second-order valence-electron chi connectivity index (χ2n) is 5.63. The van der Waals surface area contributed by atoms with Crippen molar-refractivity contribution in [3.8, 4) is 0 Å². The first kappa shape index (κ1) is 14.8. The van der Waals surface area contributed by atoms with Gasteiger partial charge in [-0.25, -0.2) is 8.42 Å². The summed E-state index contributed by atoms with van der Waals surface area (Å²) in [6.07, 6.45) is 3.22. The van der Waals surface area contributed by atoms with Gasteiger partial charge in [0.25, 0.3) is 0 Å². The van der Waals surface area contributed by atoms with Gasteiger partial charge in [0.05, 0.1) is 11.5 Å². The smallest absolute Gasteiger partial charge is 0.222 e. The van der Waals surface area contributed by atoms with Crippen LogP contribution in [0.15, 0.2) is 0 Å². The third kappa shape index (κ3) is 3.92. The van der Waals surface area contributed by atoms with Crippen LogP contribution in [0.3, 0.4) is 0 Å². The van der Waals surface area contributed by atoms with Crippen LogP contribution in [0, 0.1) is 5.92 Å². The minimum atomic E-state index is -2.92. The topological polar surface area (TPSA) is 66.5 Å². The molecule has 2 heterocycles. The Morgan fingerprint density at radius 1 is 1.37 bits per heavy atom. The summed E-state index contributed by atoms with van der Waals surface area (Å²) < 4.78 is 23.0. The maximum atomic E-state index is 12.2. The van der Waals surface area contributed by atoms with Crippen molar-refractivity contribution in [3.05, 3.63) is 0 Å². The van der Waals surface area contributed by atoms with Crippen molar-refractivity contribution < 1.29 is 13.2 Å². The molecule has 110 valence electrons. The molecule has 0 spiro atoms. The average Bonchev–Trinajstić information content (AvgIpc) is 2.97. The number of rotatable bonds is 5. The average molecular weight is 288 g/mol. The molecule has 2 fully saturated rings. The molecule has 0 aromatic heterocycles. The fourth-order valence-electron chi connectivity index (χ4n) is 3.09. The molecule has 2 saturated heterocycles. The van der Waals surface area contributed by atoms with Gasteiger partial charge in [-0.1, -0.05) is 0 Å². The zero-order valence-corrected chi connectivity index (χ0v) is 12.4. The summed E-state index contributed by atoms with van der Waals surface area (Å²) in [7, 11) is -2.92. The number of nitrogens with one attached hydrogen (secondary N) is 1. The SMILES string of the molecule is CCN(C(=O)CCC1CCNC1)C1CCS(=O)(=O)C1. The molecule has 1 N–H and O–H groups in total. The van der Waals surface area contributed by atoms with Crippen LogP contribution in [0.25, 0.3) is 0 Å². The van der Waals surface area contributed by atoms with E-state index in [1.807, 2.05) is 6.92 Å². The second-order valence-corrected chi connectivity index (χ2v) is 7.86. The first-order valence-electron chi connectivity index (χ1n) is 7.22. The first-order chi connectivity index (χ1) is 9.02. The lowest BCUT2D eigenvalue weighted by molar-refractivity contribution is -0.133. The Balaban J connectivity index is 1.84. The molecule has 0 bridgehead atoms. The van der Waals surface area contributed by atoms with Gasteiger partial charge >= 0.3 is 0 Å². The summed E-state index contributed by atoms with van der Waals surface area (Å²) in [5.41, 5.74) is 0. The summed E-state index contributed by atoms with van der Waals surface area (Å²) >= 11 is 0. The quantitative estimate of drug-likeness (QED) is 0.796. The Hall–Kier alpha value is -0.620. The lowest BCUT2D eigenvalue weighted by atomic mass is 10.0. The van der Waals surface area contributed by atoms with Crippen LogP contribution in [0.2, 0.25) is 0 Å². The van der Waals surface area contributed by atoms with Crippen LogP contribution in [-0.4, -0.2) is 56.4 Å². The van der Waals surface area contributed by atoms with Gasteiger partial charge in [0.15, 0.2) is 9.84 Å². The molecular weight excluding hydrogens is 264 g/mol. The summed E-state index contributed by atoms with van der Waals surface area (Å²) in [5, 5.41) is 3.30. The van der Waals surface area contributed by atoms with Gasteiger partial charge < -0.3 is 10.2 Å². The molecule has 5 nitrogen and oxygen atoms in total. The predicted octanol–water partition coefficient (Wildman–Crippen LogP) is 0.412. The first-order valence-corrected chi connectivity index (χ1v) is 9.04. The number of hydrogen-bond acceptors (Lipinski definition) is 4. The van der Waals surface area contributed by atoms with E-state index >= 15 is 0 Å². The highest BCUT2D eigenvalue weighted by Gasteiger charge is 2.33. The number of hydrogen-bond donors (Lipinski definition) is 1. The van der Waals surface area contributed by atoms with Gasteiger partial charge in [-0.2, -0.15) is 0 Å². The molecule has 0 radical (unpaired) electrons. The third-order valence-corrected chi connectivity index (χ3v) is 5.99. The third-order valence-electron chi connectivity index (χ3n) is 4.24. The summed E-state index contributed by atoms with van der Waals surface area (Å²) in [4.78, 5) is 14.0. The monoisotopic (exact) mass is 288 g/mol. The largest absolute Gasteiger partial charge is 0.339 e. The zero-order valence-electron chi connectivity index (χ0n) is 11.6. The predicted molar refractivity (Wildman–Crippen MR) is 74.7 cm³/mol. The van der Waals surface area contributed by atoms with Gasteiger partial charge in [-0.05, 0) is 45.2 Å². The molecule has 0 aromatic rings. The second kappa shape index (κ2) is 6.22. The number of nitrogens with zero attached hydrogens (tertiary/aromatic N) is 1. The van der Waals surface area contributed by atoms with E-state index in [-0.39, 0.29) is 23.5 Å². The number of carbonyl (C=O) groups excluding carboxylic acids is 1. The van der Waals surface area contributed by atoms with Crippen LogP contribution in [0.4, 0.5) is 0 Å². The van der Waals surface area contributed by atoms with E-state index in [0.717, 1.165) is 25.9 Å². The highest BCUT2D eigenvalue weighted by Crippen LogP contribution is 2.20. The molecule has 6 heteroatoms. The number of carbonyl (C=O) groups is 1. The van der Waals surface area contributed by atoms with Gasteiger partial charge in [-0.15, -0.1) is 0 Å². The molecule has 2 rings (SSSR count). The Kier molecular flexibility index (Phi) is 4.84. The fraction of sp³-hybridized carbons (Fsp3) is 0.923. The molecule has 19 heavy (non-hydrogen) atoms. The highest BCUT2D eigenvalue weighted by atomic mass is 32.2. The molecule has 1 amide bonds. The molecule has 0 aromatic carbocycles. The van der Waals surface area contributed by atoms with Crippen molar-refractivity contribution >= 4 is 15.7 Å². The van der Waals surface area contributed by atoms with Crippen molar-refractivity contribution in [2.75, 3.05) is 31.1 Å². The Morgan fingerprint density at radius 3 is 2.68 bits per heavy atom. The fourth-order valence-corrected chi connectivity index (χ4v) is 4.82. The van der Waals surface area contributed by atoms with Crippen molar-refractivity contribution in [1.82, 2.24) is 10.2 Å². The molecule has 2 aliphatic heterocycles. The Morgan fingerprint density at radius 2 is 2.16 bits per heavy atom. The summed E-state index contributed by atoms with van der Waals surface area (Å²) in [5.74, 6) is 1.11. The van der Waals surface area contributed by atoms with E-state index in [1.54, 1.807) is 4.90 Å². The maximum Gasteiger partial charge on any atom is 0.222 e. The van der Waals surface area contributed by atoms with E-state index in [1.165, 1.54) is 0 Å². The van der Waals surface area contributed by atoms with Crippen LogP contribution < -0.4 is 5.32 Å². The van der Waals surface area contributed by atoms with Gasteiger partial charge in [-0.3, -0.25) is 4.79 Å². The molecule has 2 unspecified atom stereocenters. The Labute approximate surface area is 115 Å². The summed E-state index contributed by atoms with van der Waals surface area (Å²) in [6, 6.07) is -0.0933. The summed E-state index contributed by atoms with van der Waals surface area (Å²) in [6.45, 7) is 4.61. The number of sulfone groups is 1. The van der Waals surface area contributed by atoms with Crippen LogP contribution in [-0.2, 0) is 14.6 Å². The van der Waals surface area contributed by atoms with E-state index in [0.29, 0.717) is 25.3 Å². The van der Waals surface area contributed by atoms with E-state index in [9.17, 15) is 13.2 Å². The normalized spacial score (nSPS) is 29.5. The maximum absolute atomic E-state index is 12.2. The van der Waals surface area contributed by atoms with Crippen molar-refractivity contribution in [2.45, 2.75) is 38.6 Å². The van der Waals surface area contributed by atoms with Crippen LogP contribution >= 0.6 is 0 Å². The van der Waals surface area contributed by atoms with E-state index in [2.05, 4.69) is 5.32 Å². The van der Waals surface area contributed by atoms with E-state index < -0.39 is 9.84 Å². The van der Waals surface area contributed by atoms with Gasteiger partial charge in [0, 0.05) is 19.0 Å². The van der Waals surface area contributed by atoms with Gasteiger partial charge in [0.2, 0.25) is 5.91 Å².